The fraction of sp³-hybridized carbons (Fsp3) is 0.250. The van der Waals surface area contributed by atoms with Gasteiger partial charge in [-0.25, -0.2) is 0 Å². The van der Waals surface area contributed by atoms with Gasteiger partial charge >= 0.3 is 0 Å². The number of carbonyl (C=O) groups is 1. The summed E-state index contributed by atoms with van der Waals surface area (Å²) in [6.45, 7) is 1.53. The van der Waals surface area contributed by atoms with Gasteiger partial charge in [0.15, 0.2) is 17.3 Å². The minimum absolute atomic E-state index is 0.270. The van der Waals surface area contributed by atoms with E-state index in [0.717, 1.165) is 41.9 Å². The van der Waals surface area contributed by atoms with Gasteiger partial charge in [0.2, 0.25) is 0 Å². The first kappa shape index (κ1) is 20.5. The zero-order chi connectivity index (χ0) is 21.6. The second kappa shape index (κ2) is 9.38. The molecule has 1 aliphatic heterocycles. The molecule has 0 unspecified atom stereocenters. The van der Waals surface area contributed by atoms with Crippen LogP contribution in [0, 0.1) is 0 Å². The molecule has 0 aliphatic carbocycles. The van der Waals surface area contributed by atoms with Crippen molar-refractivity contribution >= 4 is 17.3 Å². The summed E-state index contributed by atoms with van der Waals surface area (Å²) < 4.78 is 15.9. The highest BCUT2D eigenvalue weighted by molar-refractivity contribution is 6.02. The third-order valence-corrected chi connectivity index (χ3v) is 5.10. The second-order valence-corrected chi connectivity index (χ2v) is 7.24. The van der Waals surface area contributed by atoms with Gasteiger partial charge in [0.25, 0.3) is 5.91 Å². The zero-order valence-electron chi connectivity index (χ0n) is 17.6. The van der Waals surface area contributed by atoms with Crippen molar-refractivity contribution in [3.05, 3.63) is 77.7 Å². The number of nitrogens with one attached hydrogen (secondary N) is 1. The number of anilines is 1. The van der Waals surface area contributed by atoms with Gasteiger partial charge in [0.1, 0.15) is 0 Å². The fourth-order valence-electron chi connectivity index (χ4n) is 3.59. The summed E-state index contributed by atoms with van der Waals surface area (Å²) in [4.78, 5) is 12.2. The molecule has 3 aromatic rings. The van der Waals surface area contributed by atoms with E-state index >= 15 is 0 Å². The third kappa shape index (κ3) is 4.88. The monoisotopic (exact) mass is 419 g/mol. The second-order valence-electron chi connectivity index (χ2n) is 7.24. The van der Waals surface area contributed by atoms with Crippen LogP contribution in [0.25, 0.3) is 0 Å². The Hall–Kier alpha value is -3.74. The fourth-order valence-corrected chi connectivity index (χ4v) is 3.59. The predicted octanol–water partition coefficient (Wildman–Crippen LogP) is 4.55. The quantitative estimate of drug-likeness (QED) is 0.608. The maximum atomic E-state index is 12.2. The number of carbonyl (C=O) groups excluding carboxylic acids is 1. The van der Waals surface area contributed by atoms with Crippen LogP contribution in [0.15, 0.2) is 70.4 Å². The van der Waals surface area contributed by atoms with Crippen molar-refractivity contribution in [1.29, 1.82) is 0 Å². The van der Waals surface area contributed by atoms with E-state index in [1.54, 1.807) is 26.4 Å². The van der Waals surface area contributed by atoms with E-state index in [1.165, 1.54) is 6.26 Å². The molecule has 160 valence electrons. The smallest absolute Gasteiger partial charge is 0.291 e. The lowest BCUT2D eigenvalue weighted by Gasteiger charge is -2.26. The Morgan fingerprint density at radius 2 is 1.97 bits per heavy atom. The Morgan fingerprint density at radius 3 is 2.74 bits per heavy atom. The molecule has 31 heavy (non-hydrogen) atoms. The van der Waals surface area contributed by atoms with Crippen LogP contribution in [0.1, 0.15) is 34.5 Å². The van der Waals surface area contributed by atoms with Gasteiger partial charge in [0.05, 0.1) is 32.7 Å². The number of furan rings is 1. The van der Waals surface area contributed by atoms with Crippen LogP contribution < -0.4 is 14.8 Å². The van der Waals surface area contributed by atoms with Gasteiger partial charge in [-0.2, -0.15) is 5.10 Å². The Bertz CT molecular complexity index is 1080. The Labute approximate surface area is 181 Å². The molecule has 0 bridgehead atoms. The first-order valence-corrected chi connectivity index (χ1v) is 10.1. The minimum atomic E-state index is -0.270. The highest BCUT2D eigenvalue weighted by Crippen LogP contribution is 2.29. The largest absolute Gasteiger partial charge is 0.493 e. The molecule has 7 nitrogen and oxygen atoms in total. The summed E-state index contributed by atoms with van der Waals surface area (Å²) >= 11 is 0. The van der Waals surface area contributed by atoms with E-state index in [-0.39, 0.29) is 11.7 Å². The molecule has 2 aromatic carbocycles. The average Bonchev–Trinajstić information content (AvgIpc) is 3.34. The molecule has 0 saturated heterocycles. The zero-order valence-corrected chi connectivity index (χ0v) is 17.6. The molecule has 0 atom stereocenters. The molecule has 0 fully saturated rings. The summed E-state index contributed by atoms with van der Waals surface area (Å²) in [5.74, 6) is 1.41. The standard InChI is InChI=1S/C24H25N3O4/c1-29-21-11-10-18(15-23(21)30-2)20-8-4-12-27(26-20)16-17-6-3-7-19(14-17)25-24(28)22-9-5-13-31-22/h3,5-7,9-11,13-15H,4,8,12,16H2,1-2H3,(H,25,28). The van der Waals surface area contributed by atoms with E-state index < -0.39 is 0 Å². The van der Waals surface area contributed by atoms with E-state index in [0.29, 0.717) is 18.0 Å². The van der Waals surface area contributed by atoms with Crippen molar-refractivity contribution in [2.75, 3.05) is 26.1 Å². The van der Waals surface area contributed by atoms with Gasteiger partial charge in [-0.1, -0.05) is 12.1 Å². The number of hydrogen-bond donors (Lipinski definition) is 1. The first-order chi connectivity index (χ1) is 15.2. The van der Waals surface area contributed by atoms with Crippen molar-refractivity contribution in [2.45, 2.75) is 19.4 Å². The summed E-state index contributed by atoms with van der Waals surface area (Å²) in [6.07, 6.45) is 3.41. The Morgan fingerprint density at radius 1 is 1.10 bits per heavy atom. The molecule has 1 N–H and O–H groups in total. The Balaban J connectivity index is 1.47. The molecule has 0 spiro atoms. The maximum Gasteiger partial charge on any atom is 0.291 e. The van der Waals surface area contributed by atoms with Gasteiger partial charge in [-0.15, -0.1) is 0 Å². The van der Waals surface area contributed by atoms with Gasteiger partial charge in [-0.05, 0) is 60.9 Å². The van der Waals surface area contributed by atoms with Crippen LogP contribution in [-0.4, -0.2) is 37.4 Å². The van der Waals surface area contributed by atoms with Crippen LogP contribution in [0.2, 0.25) is 0 Å². The molecule has 1 aliphatic rings. The van der Waals surface area contributed by atoms with Crippen LogP contribution in [-0.2, 0) is 6.54 Å². The molecule has 1 aromatic heterocycles. The molecule has 4 rings (SSSR count). The van der Waals surface area contributed by atoms with Crippen molar-refractivity contribution in [2.24, 2.45) is 5.10 Å². The maximum absolute atomic E-state index is 12.2. The van der Waals surface area contributed by atoms with E-state index in [2.05, 4.69) is 10.3 Å². The number of hydrogen-bond acceptors (Lipinski definition) is 6. The molecule has 1 amide bonds. The predicted molar refractivity (Wildman–Crippen MR) is 119 cm³/mol. The van der Waals surface area contributed by atoms with Gasteiger partial charge in [0, 0.05) is 17.8 Å². The van der Waals surface area contributed by atoms with Crippen LogP contribution >= 0.6 is 0 Å². The number of hydrazone groups is 1. The van der Waals surface area contributed by atoms with E-state index in [9.17, 15) is 4.79 Å². The highest BCUT2D eigenvalue weighted by atomic mass is 16.5. The van der Waals surface area contributed by atoms with Gasteiger partial charge in [-0.3, -0.25) is 9.80 Å². The molecule has 0 saturated carbocycles. The van der Waals surface area contributed by atoms with Crippen molar-refractivity contribution in [3.8, 4) is 11.5 Å². The number of ether oxygens (including phenoxy) is 2. The summed E-state index contributed by atoms with van der Waals surface area (Å²) in [5, 5.41) is 9.79. The topological polar surface area (TPSA) is 76.3 Å². The van der Waals surface area contributed by atoms with Crippen LogP contribution in [0.5, 0.6) is 11.5 Å². The molecule has 0 radical (unpaired) electrons. The van der Waals surface area contributed by atoms with E-state index in [4.69, 9.17) is 19.0 Å². The normalized spacial score (nSPS) is 13.5. The summed E-state index contributed by atoms with van der Waals surface area (Å²) in [6, 6.07) is 17.0. The number of methoxy groups -OCH3 is 2. The summed E-state index contributed by atoms with van der Waals surface area (Å²) in [5.41, 5.74) is 3.84. The molecular formula is C24H25N3O4. The van der Waals surface area contributed by atoms with Crippen LogP contribution in [0.4, 0.5) is 5.69 Å². The van der Waals surface area contributed by atoms with E-state index in [1.807, 2.05) is 42.5 Å². The molecule has 2 heterocycles. The number of nitrogens with zero attached hydrogens (tertiary/aromatic N) is 2. The summed E-state index contributed by atoms with van der Waals surface area (Å²) in [7, 11) is 3.26. The van der Waals surface area contributed by atoms with Crippen molar-refractivity contribution < 1.29 is 18.7 Å². The SMILES string of the molecule is COc1ccc(C2=NN(Cc3cccc(NC(=O)c4ccco4)c3)CCC2)cc1OC. The van der Waals surface area contributed by atoms with Crippen molar-refractivity contribution in [3.63, 3.8) is 0 Å². The lowest BCUT2D eigenvalue weighted by molar-refractivity contribution is 0.0996. The van der Waals surface area contributed by atoms with Gasteiger partial charge < -0.3 is 19.2 Å². The lowest BCUT2D eigenvalue weighted by atomic mass is 10.0. The third-order valence-electron chi connectivity index (χ3n) is 5.10. The number of rotatable bonds is 7. The number of benzene rings is 2. The number of amides is 1. The highest BCUT2D eigenvalue weighted by Gasteiger charge is 2.16. The Kier molecular flexibility index (Phi) is 6.21. The minimum Gasteiger partial charge on any atom is -0.493 e. The first-order valence-electron chi connectivity index (χ1n) is 10.1. The van der Waals surface area contributed by atoms with Crippen molar-refractivity contribution in [1.82, 2.24) is 5.01 Å². The molecular weight excluding hydrogens is 394 g/mol. The lowest BCUT2D eigenvalue weighted by Crippen LogP contribution is -2.26. The van der Waals surface area contributed by atoms with Crippen LogP contribution in [0.3, 0.4) is 0 Å². The average molecular weight is 419 g/mol. The molecule has 7 heteroatoms.